The number of ether oxygens (including phenoxy) is 1. The number of nitrogens with zero attached hydrogens (tertiary/aromatic N) is 8. The SMILES string of the molecule is C=C1/C(=C\C=C(/C)c2nc(N(CCC)CC(=O)Nc3ccc(C(C)(F)F)cc3Cl)n(C(=O)CN3CCN(C(=O)c4ncnc(C)c4O)CC3)n2)OCC1C.CC. The average Bonchev–Trinajstić information content (AvgIpc) is 3.76. The number of piperazine rings is 1. The van der Waals surface area contributed by atoms with Gasteiger partial charge in [0.25, 0.3) is 17.7 Å². The van der Waals surface area contributed by atoms with Crippen molar-refractivity contribution in [1.82, 2.24) is 34.5 Å². The number of hydrogen-bond acceptors (Lipinski definition) is 11. The van der Waals surface area contributed by atoms with Crippen molar-refractivity contribution < 1.29 is 33.0 Å². The molecule has 3 aromatic rings. The third kappa shape index (κ3) is 10.5. The van der Waals surface area contributed by atoms with Crippen LogP contribution in [0.3, 0.4) is 0 Å². The van der Waals surface area contributed by atoms with Gasteiger partial charge in [0.05, 0.1) is 29.6 Å². The van der Waals surface area contributed by atoms with Crippen molar-refractivity contribution in [3.63, 3.8) is 0 Å². The Morgan fingerprint density at radius 1 is 1.18 bits per heavy atom. The molecule has 0 spiro atoms. The van der Waals surface area contributed by atoms with Gasteiger partial charge in [0, 0.05) is 51.1 Å². The van der Waals surface area contributed by atoms with E-state index in [-0.39, 0.29) is 71.6 Å². The predicted molar refractivity (Wildman–Crippen MR) is 211 cm³/mol. The molecular formula is C39H50ClF2N9O5. The number of rotatable bonds is 12. The molecule has 0 bridgehead atoms. The molecule has 1 unspecified atom stereocenters. The maximum Gasteiger partial charge on any atom is 0.276 e. The lowest BCUT2D eigenvalue weighted by Gasteiger charge is -2.34. The Labute approximate surface area is 330 Å². The summed E-state index contributed by atoms with van der Waals surface area (Å²) in [6, 6.07) is 3.62. The van der Waals surface area contributed by atoms with Gasteiger partial charge < -0.3 is 25.0 Å². The lowest BCUT2D eigenvalue weighted by molar-refractivity contribution is -0.115. The number of anilines is 2. The van der Waals surface area contributed by atoms with Crippen LogP contribution in [-0.4, -0.2) is 110 Å². The Morgan fingerprint density at radius 2 is 1.88 bits per heavy atom. The van der Waals surface area contributed by atoms with Gasteiger partial charge in [0.2, 0.25) is 11.9 Å². The number of carbonyl (C=O) groups is 3. The Hall–Kier alpha value is -5.22. The van der Waals surface area contributed by atoms with Crippen LogP contribution < -0.4 is 10.2 Å². The molecule has 0 saturated carbocycles. The second-order valence-corrected chi connectivity index (χ2v) is 13.8. The fourth-order valence-electron chi connectivity index (χ4n) is 5.84. The first kappa shape index (κ1) is 43.5. The zero-order valence-corrected chi connectivity index (χ0v) is 33.7. The normalized spacial score (nSPS) is 17.0. The molecule has 56 heavy (non-hydrogen) atoms. The van der Waals surface area contributed by atoms with E-state index < -0.39 is 23.6 Å². The molecule has 2 aromatic heterocycles. The number of carbonyl (C=O) groups excluding carboxylic acids is 3. The molecule has 2 aliphatic rings. The number of aromatic nitrogens is 5. The molecule has 1 aromatic carbocycles. The third-order valence-electron chi connectivity index (χ3n) is 9.15. The number of aromatic hydroxyl groups is 1. The second kappa shape index (κ2) is 19.1. The smallest absolute Gasteiger partial charge is 0.276 e. The summed E-state index contributed by atoms with van der Waals surface area (Å²) < 4.78 is 34.6. The van der Waals surface area contributed by atoms with E-state index in [1.54, 1.807) is 35.8 Å². The second-order valence-electron chi connectivity index (χ2n) is 13.4. The van der Waals surface area contributed by atoms with Gasteiger partial charge >= 0.3 is 0 Å². The molecule has 14 nitrogen and oxygen atoms in total. The predicted octanol–water partition coefficient (Wildman–Crippen LogP) is 6.34. The largest absolute Gasteiger partial charge is 0.504 e. The van der Waals surface area contributed by atoms with Gasteiger partial charge in [-0.1, -0.05) is 58.0 Å². The standard InChI is InChI=1S/C37H44ClF2N9O5.C2H6/c1-7-12-48(18-30(50)43-28-10-9-26(17-27(28)38)37(6,39)40)36-44-34(22(2)8-11-29-24(4)23(3)20-54-29)45-49(36)31(51)19-46-13-15-47(16-14-46)35(53)32-33(52)25(5)41-21-42-32;1-2/h8-11,17,21,23,52H,4,7,12-16,18-20H2,1-3,5-6H3,(H,43,50);1-2H3/b22-8+,29-11+;. The molecule has 2 fully saturated rings. The summed E-state index contributed by atoms with van der Waals surface area (Å²) in [5.74, 6) is -3.51. The zero-order valence-electron chi connectivity index (χ0n) is 32.9. The lowest BCUT2D eigenvalue weighted by atomic mass is 10.1. The number of alkyl halides is 2. The van der Waals surface area contributed by atoms with Gasteiger partial charge in [-0.2, -0.15) is 9.67 Å². The molecule has 1 atom stereocenters. The minimum absolute atomic E-state index is 0.0472. The number of amides is 2. The summed E-state index contributed by atoms with van der Waals surface area (Å²) in [4.78, 5) is 58.1. The zero-order chi connectivity index (χ0) is 41.3. The van der Waals surface area contributed by atoms with Crippen molar-refractivity contribution in [3.05, 3.63) is 82.4 Å². The summed E-state index contributed by atoms with van der Waals surface area (Å²) in [7, 11) is 0. The number of benzene rings is 1. The molecular weight excluding hydrogens is 748 g/mol. The quantitative estimate of drug-likeness (QED) is 0.211. The van der Waals surface area contributed by atoms with Gasteiger partial charge in [-0.05, 0) is 49.6 Å². The molecule has 2 N–H and O–H groups in total. The lowest BCUT2D eigenvalue weighted by Crippen LogP contribution is -2.50. The van der Waals surface area contributed by atoms with E-state index in [9.17, 15) is 28.3 Å². The fourth-order valence-corrected chi connectivity index (χ4v) is 6.06. The summed E-state index contributed by atoms with van der Waals surface area (Å²) in [6.07, 6.45) is 5.37. The van der Waals surface area contributed by atoms with Crippen LogP contribution in [0.15, 0.2) is 54.6 Å². The highest BCUT2D eigenvalue weighted by atomic mass is 35.5. The Bertz CT molecular complexity index is 1990. The van der Waals surface area contributed by atoms with E-state index in [0.717, 1.165) is 18.6 Å². The van der Waals surface area contributed by atoms with Gasteiger partial charge in [0.15, 0.2) is 17.3 Å². The minimum Gasteiger partial charge on any atom is -0.504 e. The summed E-state index contributed by atoms with van der Waals surface area (Å²) in [5.41, 5.74) is 1.59. The summed E-state index contributed by atoms with van der Waals surface area (Å²) in [6.45, 7) is 18.0. The molecule has 2 saturated heterocycles. The summed E-state index contributed by atoms with van der Waals surface area (Å²) >= 11 is 6.26. The van der Waals surface area contributed by atoms with Crippen molar-refractivity contribution in [3.8, 4) is 5.75 Å². The van der Waals surface area contributed by atoms with Crippen molar-refractivity contribution in [2.24, 2.45) is 5.92 Å². The first-order chi connectivity index (χ1) is 26.6. The van der Waals surface area contributed by atoms with Crippen LogP contribution in [0.5, 0.6) is 5.75 Å². The maximum absolute atomic E-state index is 14.0. The van der Waals surface area contributed by atoms with E-state index in [1.807, 2.05) is 32.6 Å². The Balaban J connectivity index is 0.00000342. The molecule has 0 aliphatic carbocycles. The van der Waals surface area contributed by atoms with Gasteiger partial charge in [0.1, 0.15) is 18.6 Å². The average molecular weight is 798 g/mol. The van der Waals surface area contributed by atoms with Crippen LogP contribution in [0.1, 0.15) is 80.3 Å². The van der Waals surface area contributed by atoms with E-state index in [0.29, 0.717) is 49.7 Å². The molecule has 302 valence electrons. The fraction of sp³-hybridized carbons (Fsp3) is 0.462. The Kier molecular flexibility index (Phi) is 14.8. The van der Waals surface area contributed by atoms with E-state index >= 15 is 0 Å². The highest BCUT2D eigenvalue weighted by molar-refractivity contribution is 6.33. The topological polar surface area (TPSA) is 159 Å². The van der Waals surface area contributed by atoms with Crippen LogP contribution >= 0.6 is 11.6 Å². The first-order valence-corrected chi connectivity index (χ1v) is 18.9. The van der Waals surface area contributed by atoms with Crippen molar-refractivity contribution >= 4 is 46.5 Å². The van der Waals surface area contributed by atoms with Crippen molar-refractivity contribution in [1.29, 1.82) is 0 Å². The Morgan fingerprint density at radius 3 is 2.48 bits per heavy atom. The molecule has 17 heteroatoms. The van der Waals surface area contributed by atoms with Crippen LogP contribution in [0.4, 0.5) is 20.4 Å². The van der Waals surface area contributed by atoms with Crippen molar-refractivity contribution in [2.45, 2.75) is 60.8 Å². The molecule has 2 amide bonds. The molecule has 4 heterocycles. The van der Waals surface area contributed by atoms with Gasteiger partial charge in [-0.25, -0.2) is 18.7 Å². The van der Waals surface area contributed by atoms with Crippen LogP contribution in [0.2, 0.25) is 5.02 Å². The highest BCUT2D eigenvalue weighted by Gasteiger charge is 2.30. The van der Waals surface area contributed by atoms with Crippen LogP contribution in [0.25, 0.3) is 5.57 Å². The number of allylic oxidation sites excluding steroid dienone is 4. The van der Waals surface area contributed by atoms with Crippen molar-refractivity contribution in [2.75, 3.05) is 62.6 Å². The third-order valence-corrected chi connectivity index (χ3v) is 9.46. The van der Waals surface area contributed by atoms with Crippen LogP contribution in [-0.2, 0) is 15.5 Å². The number of nitrogens with one attached hydrogen (secondary N) is 1. The maximum atomic E-state index is 14.0. The van der Waals surface area contributed by atoms with Gasteiger partial charge in [-0.15, -0.1) is 5.10 Å². The molecule has 5 rings (SSSR count). The number of halogens is 3. The molecule has 0 radical (unpaired) electrons. The number of hydrogen-bond donors (Lipinski definition) is 2. The highest BCUT2D eigenvalue weighted by Crippen LogP contribution is 2.33. The van der Waals surface area contributed by atoms with E-state index in [4.69, 9.17) is 21.3 Å². The van der Waals surface area contributed by atoms with E-state index in [1.165, 1.54) is 23.1 Å². The minimum atomic E-state index is -3.11. The van der Waals surface area contributed by atoms with Gasteiger partial charge in [-0.3, -0.25) is 19.3 Å². The first-order valence-electron chi connectivity index (χ1n) is 18.5. The monoisotopic (exact) mass is 797 g/mol. The number of aryl methyl sites for hydroxylation is 1. The van der Waals surface area contributed by atoms with Crippen LogP contribution in [0, 0.1) is 12.8 Å². The summed E-state index contributed by atoms with van der Waals surface area (Å²) in [5, 5.41) is 17.5. The van der Waals surface area contributed by atoms with E-state index in [2.05, 4.69) is 27.0 Å². The molecule has 2 aliphatic heterocycles.